The van der Waals surface area contributed by atoms with Gasteiger partial charge in [-0.05, 0) is 66.0 Å². The summed E-state index contributed by atoms with van der Waals surface area (Å²) in [7, 11) is 0. The third-order valence-corrected chi connectivity index (χ3v) is 8.92. The van der Waals surface area contributed by atoms with Gasteiger partial charge in [-0.2, -0.15) is 10.4 Å². The number of rotatable bonds is 7. The molecule has 0 spiro atoms. The fraction of sp³-hybridized carbons (Fsp3) is 0.406. The molecule has 4 N–H and O–H groups in total. The van der Waals surface area contributed by atoms with Crippen LogP contribution in [0.4, 0.5) is 8.78 Å². The second-order valence-corrected chi connectivity index (χ2v) is 11.6. The van der Waals surface area contributed by atoms with Crippen LogP contribution in [0.2, 0.25) is 0 Å². The van der Waals surface area contributed by atoms with Crippen molar-refractivity contribution in [3.63, 3.8) is 0 Å². The van der Waals surface area contributed by atoms with E-state index in [1.165, 1.54) is 18.2 Å². The van der Waals surface area contributed by atoms with Crippen molar-refractivity contribution in [3.8, 4) is 17.3 Å². The van der Waals surface area contributed by atoms with Crippen molar-refractivity contribution in [2.24, 2.45) is 22.3 Å². The van der Waals surface area contributed by atoms with Crippen LogP contribution in [-0.4, -0.2) is 14.8 Å². The molecule has 2 aromatic heterocycles. The van der Waals surface area contributed by atoms with Crippen LogP contribution in [0.15, 0.2) is 66.1 Å². The van der Waals surface area contributed by atoms with Crippen LogP contribution in [0, 0.1) is 33.8 Å². The Kier molecular flexibility index (Phi) is 8.43. The molecule has 3 aromatic rings. The number of halogens is 2. The molecule has 0 amide bonds. The summed E-state index contributed by atoms with van der Waals surface area (Å²) in [6.07, 6.45) is 8.83. The Morgan fingerprint density at radius 3 is 2.55 bits per heavy atom. The first-order valence-corrected chi connectivity index (χ1v) is 13.8. The summed E-state index contributed by atoms with van der Waals surface area (Å²) in [4.78, 5) is 5.03. The van der Waals surface area contributed by atoms with Gasteiger partial charge in [0.2, 0.25) is 0 Å². The fourth-order valence-electron chi connectivity index (χ4n) is 5.62. The highest BCUT2D eigenvalue weighted by molar-refractivity contribution is 5.67. The van der Waals surface area contributed by atoms with Gasteiger partial charge in [-0.1, -0.05) is 46.2 Å². The molecule has 2 heterocycles. The highest BCUT2D eigenvalue weighted by Gasteiger charge is 2.43. The molecule has 1 aliphatic carbocycles. The number of allylic oxidation sites excluding steroid dienone is 3. The summed E-state index contributed by atoms with van der Waals surface area (Å²) in [5.41, 5.74) is 16.7. The lowest BCUT2D eigenvalue weighted by Crippen LogP contribution is -2.39. The van der Waals surface area contributed by atoms with Crippen LogP contribution in [0.1, 0.15) is 77.0 Å². The van der Waals surface area contributed by atoms with Gasteiger partial charge in [-0.25, -0.2) is 8.78 Å². The zero-order chi connectivity index (χ0) is 29.1. The molecule has 2 unspecified atom stereocenters. The molecule has 40 heavy (non-hydrogen) atoms. The Balaban J connectivity index is 1.82. The lowest BCUT2D eigenvalue weighted by atomic mass is 9.57. The van der Waals surface area contributed by atoms with Gasteiger partial charge < -0.3 is 11.5 Å². The molecule has 0 saturated carbocycles. The molecule has 210 valence electrons. The Hall–Kier alpha value is -3.99. The minimum atomic E-state index is -0.709. The maximum absolute atomic E-state index is 14.5. The van der Waals surface area contributed by atoms with E-state index in [4.69, 9.17) is 21.7 Å². The number of nitrogens with two attached hydrogens (primary N) is 2. The standard InChI is InChI=1S/C32H38F2N6/c1-5-32(4)18-23(28-12-7-11-27(39-28)22-19-38-40(20-22)16-8-15-35)30(37)21(13-14-31(32,2)3)17-26(36)29-24(33)9-6-10-25(29)34/h6-7,9-12,17,19-20,23H,5,8,13-14,16,18,36-37H2,1-4H3/b26-17-,30-21-. The van der Waals surface area contributed by atoms with Crippen molar-refractivity contribution in [3.05, 3.63) is 89.0 Å². The Labute approximate surface area is 235 Å². The maximum Gasteiger partial charge on any atom is 0.135 e. The van der Waals surface area contributed by atoms with Crippen LogP contribution < -0.4 is 11.5 Å². The minimum absolute atomic E-state index is 0.00965. The van der Waals surface area contributed by atoms with Gasteiger partial charge in [0.1, 0.15) is 11.6 Å². The zero-order valence-corrected chi connectivity index (χ0v) is 23.7. The Morgan fingerprint density at radius 1 is 1.18 bits per heavy atom. The summed E-state index contributed by atoms with van der Waals surface area (Å²) in [6, 6.07) is 11.7. The van der Waals surface area contributed by atoms with Crippen LogP contribution >= 0.6 is 0 Å². The van der Waals surface area contributed by atoms with Crippen molar-refractivity contribution in [2.75, 3.05) is 0 Å². The number of benzene rings is 1. The van der Waals surface area contributed by atoms with E-state index < -0.39 is 11.6 Å². The van der Waals surface area contributed by atoms with Crippen molar-refractivity contribution in [2.45, 2.75) is 72.3 Å². The van der Waals surface area contributed by atoms with E-state index in [-0.39, 0.29) is 28.0 Å². The van der Waals surface area contributed by atoms with Gasteiger partial charge >= 0.3 is 0 Å². The molecule has 0 radical (unpaired) electrons. The van der Waals surface area contributed by atoms with E-state index >= 15 is 0 Å². The van der Waals surface area contributed by atoms with Gasteiger partial charge in [-0.15, -0.1) is 0 Å². The summed E-state index contributed by atoms with van der Waals surface area (Å²) in [6.45, 7) is 9.57. The molecule has 4 rings (SSSR count). The van der Waals surface area contributed by atoms with Crippen molar-refractivity contribution >= 4 is 5.70 Å². The Bertz CT molecular complexity index is 1460. The van der Waals surface area contributed by atoms with Gasteiger partial charge in [-0.3, -0.25) is 9.67 Å². The molecule has 8 heteroatoms. The van der Waals surface area contributed by atoms with Crippen LogP contribution in [0.3, 0.4) is 0 Å². The molecule has 2 atom stereocenters. The predicted octanol–water partition coefficient (Wildman–Crippen LogP) is 7.06. The molecular formula is C32H38F2N6. The molecule has 1 aromatic carbocycles. The van der Waals surface area contributed by atoms with Crippen molar-refractivity contribution < 1.29 is 8.78 Å². The molecule has 0 bridgehead atoms. The van der Waals surface area contributed by atoms with Crippen LogP contribution in [-0.2, 0) is 6.54 Å². The highest BCUT2D eigenvalue weighted by atomic mass is 19.1. The number of aryl methyl sites for hydroxylation is 1. The number of nitriles is 1. The second-order valence-electron chi connectivity index (χ2n) is 11.6. The van der Waals surface area contributed by atoms with E-state index in [0.29, 0.717) is 25.1 Å². The third-order valence-electron chi connectivity index (χ3n) is 8.92. The first kappa shape index (κ1) is 29.0. The number of hydrogen-bond acceptors (Lipinski definition) is 5. The number of pyridine rings is 1. The Morgan fingerprint density at radius 2 is 1.88 bits per heavy atom. The van der Waals surface area contributed by atoms with E-state index in [1.54, 1.807) is 17.0 Å². The molecule has 0 fully saturated rings. The largest absolute Gasteiger partial charge is 0.401 e. The lowest BCUT2D eigenvalue weighted by Gasteiger charge is -2.48. The second kappa shape index (κ2) is 11.6. The monoisotopic (exact) mass is 544 g/mol. The van der Waals surface area contributed by atoms with Crippen LogP contribution in [0.5, 0.6) is 0 Å². The molecule has 0 saturated heterocycles. The number of aromatic nitrogens is 3. The number of nitrogens with zero attached hydrogens (tertiary/aromatic N) is 4. The predicted molar refractivity (Wildman–Crippen MR) is 154 cm³/mol. The van der Waals surface area contributed by atoms with E-state index in [0.717, 1.165) is 41.8 Å². The fourth-order valence-corrected chi connectivity index (χ4v) is 5.62. The molecular weight excluding hydrogens is 506 g/mol. The van der Waals surface area contributed by atoms with Gasteiger partial charge in [0.05, 0.1) is 42.2 Å². The van der Waals surface area contributed by atoms with E-state index in [1.807, 2.05) is 24.4 Å². The topological polar surface area (TPSA) is 107 Å². The molecule has 1 aliphatic rings. The first-order valence-electron chi connectivity index (χ1n) is 13.8. The number of hydrogen-bond donors (Lipinski definition) is 2. The summed E-state index contributed by atoms with van der Waals surface area (Å²) >= 11 is 0. The highest BCUT2D eigenvalue weighted by Crippen LogP contribution is 2.53. The smallest absolute Gasteiger partial charge is 0.135 e. The lowest BCUT2D eigenvalue weighted by molar-refractivity contribution is 0.0547. The third kappa shape index (κ3) is 5.79. The average molecular weight is 545 g/mol. The molecule has 0 aliphatic heterocycles. The summed E-state index contributed by atoms with van der Waals surface area (Å²) in [5.74, 6) is -1.65. The van der Waals surface area contributed by atoms with Gasteiger partial charge in [0, 0.05) is 29.1 Å². The summed E-state index contributed by atoms with van der Waals surface area (Å²) < 4.78 is 30.8. The van der Waals surface area contributed by atoms with Crippen molar-refractivity contribution in [1.29, 1.82) is 5.26 Å². The van der Waals surface area contributed by atoms with E-state index in [2.05, 4.69) is 38.9 Å². The normalized spacial score (nSPS) is 23.3. The summed E-state index contributed by atoms with van der Waals surface area (Å²) in [5, 5.41) is 13.3. The average Bonchev–Trinajstić information content (AvgIpc) is 3.41. The minimum Gasteiger partial charge on any atom is -0.401 e. The van der Waals surface area contributed by atoms with Gasteiger partial charge in [0.25, 0.3) is 0 Å². The van der Waals surface area contributed by atoms with E-state index in [9.17, 15) is 8.78 Å². The SMILES string of the molecule is CCC1(C)CC(c2cccc(-c3cnn(CCC#N)c3)n2)/C(N)=C(/C=C(\N)c2c(F)cccc2F)CCC1(C)C. The van der Waals surface area contributed by atoms with Crippen LogP contribution in [0.25, 0.3) is 17.0 Å². The van der Waals surface area contributed by atoms with Crippen molar-refractivity contribution in [1.82, 2.24) is 14.8 Å². The zero-order valence-electron chi connectivity index (χ0n) is 23.7. The van der Waals surface area contributed by atoms with Gasteiger partial charge in [0.15, 0.2) is 0 Å². The quantitative estimate of drug-likeness (QED) is 0.331. The first-order chi connectivity index (χ1) is 19.0. The maximum atomic E-state index is 14.5. The molecule has 6 nitrogen and oxygen atoms in total.